The molecule has 0 atom stereocenters. The highest BCUT2D eigenvalue weighted by Gasteiger charge is 2.07. The monoisotopic (exact) mass is 407 g/mol. The number of anilines is 1. The number of carbonyl (C=O) groups is 1. The van der Waals surface area contributed by atoms with Crippen LogP contribution in [0.2, 0.25) is 0 Å². The minimum atomic E-state index is -0.271. The molecule has 0 saturated carbocycles. The smallest absolute Gasteiger partial charge is 0.269 e. The number of rotatable bonds is 6. The Morgan fingerprint density at radius 2 is 1.76 bits per heavy atom. The van der Waals surface area contributed by atoms with E-state index in [1.807, 2.05) is 41.9 Å². The van der Waals surface area contributed by atoms with Crippen LogP contribution in [0.25, 0.3) is 5.69 Å². The van der Waals surface area contributed by atoms with E-state index in [9.17, 15) is 4.79 Å². The van der Waals surface area contributed by atoms with Crippen LogP contribution >= 0.6 is 12.2 Å². The van der Waals surface area contributed by atoms with E-state index < -0.39 is 0 Å². The molecule has 29 heavy (non-hydrogen) atoms. The van der Waals surface area contributed by atoms with Crippen molar-refractivity contribution in [2.75, 3.05) is 5.32 Å². The molecule has 0 fully saturated rings. The Hall–Kier alpha value is -3.19. The molecule has 6 nitrogen and oxygen atoms in total. The van der Waals surface area contributed by atoms with E-state index in [0.29, 0.717) is 10.7 Å². The molecular weight excluding hydrogens is 382 g/mol. The fraction of sp³-hybridized carbons (Fsp3) is 0.227. The van der Waals surface area contributed by atoms with Crippen molar-refractivity contribution in [3.8, 4) is 5.69 Å². The van der Waals surface area contributed by atoms with E-state index in [1.165, 1.54) is 18.4 Å². The number of hydrogen-bond donors (Lipinski definition) is 3. The molecule has 1 heterocycles. The molecule has 1 aromatic heterocycles. The first-order chi connectivity index (χ1) is 14.1. The zero-order valence-corrected chi connectivity index (χ0v) is 17.4. The molecule has 0 bridgehead atoms. The Labute approximate surface area is 176 Å². The van der Waals surface area contributed by atoms with E-state index in [2.05, 4.69) is 40.3 Å². The van der Waals surface area contributed by atoms with Crippen molar-refractivity contribution in [3.05, 3.63) is 77.6 Å². The normalized spacial score (nSPS) is 10.4. The number of hydrogen-bond acceptors (Lipinski definition) is 3. The third-order valence-electron chi connectivity index (χ3n) is 4.53. The van der Waals surface area contributed by atoms with Crippen LogP contribution in [0.3, 0.4) is 0 Å². The van der Waals surface area contributed by atoms with Crippen molar-refractivity contribution in [2.24, 2.45) is 0 Å². The summed E-state index contributed by atoms with van der Waals surface area (Å²) in [6, 6.07) is 17.3. The summed E-state index contributed by atoms with van der Waals surface area (Å²) in [5, 5.41) is 7.64. The molecule has 2 aromatic carbocycles. The molecule has 0 saturated heterocycles. The quantitative estimate of drug-likeness (QED) is 0.423. The average Bonchev–Trinajstić information content (AvgIpc) is 3.17. The average molecular weight is 408 g/mol. The minimum absolute atomic E-state index is 0.271. The van der Waals surface area contributed by atoms with Crippen LogP contribution in [0.4, 0.5) is 5.69 Å². The second-order valence-corrected chi connectivity index (χ2v) is 7.17. The third kappa shape index (κ3) is 5.65. The molecule has 0 radical (unpaired) electrons. The number of nitrogens with zero attached hydrogens (tertiary/aromatic N) is 2. The molecule has 3 N–H and O–H groups in total. The lowest BCUT2D eigenvalue weighted by Gasteiger charge is -2.12. The van der Waals surface area contributed by atoms with Gasteiger partial charge in [0.15, 0.2) is 5.11 Å². The molecular formula is C22H25N5OS. The zero-order valence-electron chi connectivity index (χ0n) is 16.6. The molecule has 1 amide bonds. The van der Waals surface area contributed by atoms with Crippen molar-refractivity contribution in [2.45, 2.75) is 33.1 Å². The maximum absolute atomic E-state index is 12.3. The van der Waals surface area contributed by atoms with Crippen LogP contribution in [0, 0.1) is 6.92 Å². The van der Waals surface area contributed by atoms with Crippen LogP contribution in [-0.2, 0) is 6.42 Å². The minimum Gasteiger partial charge on any atom is -0.331 e. The van der Waals surface area contributed by atoms with Crippen LogP contribution in [0.1, 0.15) is 41.4 Å². The predicted molar refractivity (Wildman–Crippen MR) is 120 cm³/mol. The maximum atomic E-state index is 12.3. The number of carbonyl (C=O) groups excluding carboxylic acids is 1. The van der Waals surface area contributed by atoms with Gasteiger partial charge in [-0.1, -0.05) is 25.5 Å². The molecule has 0 aliphatic rings. The van der Waals surface area contributed by atoms with E-state index in [1.54, 1.807) is 18.3 Å². The highest BCUT2D eigenvalue weighted by molar-refractivity contribution is 7.80. The summed E-state index contributed by atoms with van der Waals surface area (Å²) in [5.41, 5.74) is 9.97. The first-order valence-electron chi connectivity index (χ1n) is 9.64. The summed E-state index contributed by atoms with van der Waals surface area (Å²) in [5.74, 6) is -0.271. The van der Waals surface area contributed by atoms with Crippen LogP contribution < -0.4 is 16.2 Å². The second kappa shape index (κ2) is 9.84. The van der Waals surface area contributed by atoms with Crippen molar-refractivity contribution in [3.63, 3.8) is 0 Å². The van der Waals surface area contributed by atoms with Gasteiger partial charge in [-0.05, 0) is 80.0 Å². The summed E-state index contributed by atoms with van der Waals surface area (Å²) < 4.78 is 1.81. The summed E-state index contributed by atoms with van der Waals surface area (Å²) in [6.07, 6.45) is 5.18. The van der Waals surface area contributed by atoms with Crippen molar-refractivity contribution in [1.82, 2.24) is 20.6 Å². The Morgan fingerprint density at radius 1 is 1.03 bits per heavy atom. The topological polar surface area (TPSA) is 71.0 Å². The van der Waals surface area contributed by atoms with Gasteiger partial charge in [0.2, 0.25) is 0 Å². The van der Waals surface area contributed by atoms with Gasteiger partial charge >= 0.3 is 0 Å². The third-order valence-corrected chi connectivity index (χ3v) is 4.73. The van der Waals surface area contributed by atoms with Gasteiger partial charge in [-0.2, -0.15) is 5.10 Å². The molecule has 0 unspecified atom stereocenters. The van der Waals surface area contributed by atoms with Gasteiger partial charge in [0.1, 0.15) is 0 Å². The summed E-state index contributed by atoms with van der Waals surface area (Å²) in [6.45, 7) is 4.16. The van der Waals surface area contributed by atoms with Gasteiger partial charge in [0, 0.05) is 23.1 Å². The van der Waals surface area contributed by atoms with Gasteiger partial charge < -0.3 is 5.32 Å². The molecule has 150 valence electrons. The van der Waals surface area contributed by atoms with E-state index in [-0.39, 0.29) is 5.91 Å². The fourth-order valence-electron chi connectivity index (χ4n) is 2.88. The van der Waals surface area contributed by atoms with Crippen molar-refractivity contribution < 1.29 is 4.79 Å². The molecule has 7 heteroatoms. The number of hydrazine groups is 1. The fourth-order valence-corrected chi connectivity index (χ4v) is 3.05. The van der Waals surface area contributed by atoms with Gasteiger partial charge in [-0.15, -0.1) is 0 Å². The number of aromatic nitrogens is 2. The number of amides is 1. The SMILES string of the molecule is CCCCc1ccc(NC(=S)NNC(=O)c2ccc(-n3nccc3C)cc2)cc1. The Bertz CT molecular complexity index is 964. The molecule has 0 aliphatic carbocycles. The highest BCUT2D eigenvalue weighted by Crippen LogP contribution is 2.12. The molecule has 3 rings (SSSR count). The Balaban J connectivity index is 1.49. The highest BCUT2D eigenvalue weighted by atomic mass is 32.1. The summed E-state index contributed by atoms with van der Waals surface area (Å²) >= 11 is 5.25. The second-order valence-electron chi connectivity index (χ2n) is 6.76. The van der Waals surface area contributed by atoms with Gasteiger partial charge in [-0.25, -0.2) is 4.68 Å². The van der Waals surface area contributed by atoms with E-state index >= 15 is 0 Å². The summed E-state index contributed by atoms with van der Waals surface area (Å²) in [7, 11) is 0. The molecule has 0 spiro atoms. The first-order valence-corrected chi connectivity index (χ1v) is 10.0. The standard InChI is InChI=1S/C22H25N5OS/c1-3-4-5-17-6-10-19(11-7-17)24-22(29)26-25-21(28)18-8-12-20(13-9-18)27-16(2)14-15-23-27/h6-15H,3-5H2,1-2H3,(H,25,28)(H2,24,26,29). The predicted octanol–water partition coefficient (Wildman–Crippen LogP) is 4.15. The Kier molecular flexibility index (Phi) is 6.97. The number of thiocarbonyl (C=S) groups is 1. The largest absolute Gasteiger partial charge is 0.331 e. The Morgan fingerprint density at radius 3 is 2.38 bits per heavy atom. The first kappa shape index (κ1) is 20.5. The van der Waals surface area contributed by atoms with Gasteiger partial charge in [0.25, 0.3) is 5.91 Å². The van der Waals surface area contributed by atoms with Crippen LogP contribution in [0.15, 0.2) is 60.8 Å². The lowest BCUT2D eigenvalue weighted by molar-refractivity contribution is 0.0944. The van der Waals surface area contributed by atoms with Crippen molar-refractivity contribution >= 4 is 28.9 Å². The van der Waals surface area contributed by atoms with Gasteiger partial charge in [-0.3, -0.25) is 15.6 Å². The zero-order chi connectivity index (χ0) is 20.6. The number of nitrogens with one attached hydrogen (secondary N) is 3. The molecule has 0 aliphatic heterocycles. The number of benzene rings is 2. The lowest BCUT2D eigenvalue weighted by atomic mass is 10.1. The summed E-state index contributed by atoms with van der Waals surface area (Å²) in [4.78, 5) is 12.3. The van der Waals surface area contributed by atoms with Gasteiger partial charge in [0.05, 0.1) is 5.69 Å². The van der Waals surface area contributed by atoms with Crippen molar-refractivity contribution in [1.29, 1.82) is 0 Å². The van der Waals surface area contributed by atoms with E-state index in [0.717, 1.165) is 23.5 Å². The number of unbranched alkanes of at least 4 members (excludes halogenated alkanes) is 1. The maximum Gasteiger partial charge on any atom is 0.269 e. The number of aryl methyl sites for hydroxylation is 2. The molecule has 3 aromatic rings. The lowest BCUT2D eigenvalue weighted by Crippen LogP contribution is -2.43. The van der Waals surface area contributed by atoms with Crippen LogP contribution in [0.5, 0.6) is 0 Å². The van der Waals surface area contributed by atoms with Crippen LogP contribution in [-0.4, -0.2) is 20.8 Å². The van der Waals surface area contributed by atoms with E-state index in [4.69, 9.17) is 12.2 Å².